The molecule has 6 aromatic carbocycles. The minimum absolute atomic E-state index is 0.0559. The lowest BCUT2D eigenvalue weighted by molar-refractivity contribution is 0.660. The van der Waals surface area contributed by atoms with Crippen molar-refractivity contribution in [3.05, 3.63) is 162 Å². The van der Waals surface area contributed by atoms with Gasteiger partial charge in [-0.15, -0.1) is 0 Å². The van der Waals surface area contributed by atoms with E-state index in [1.54, 1.807) is 0 Å². The van der Waals surface area contributed by atoms with E-state index in [2.05, 4.69) is 158 Å². The summed E-state index contributed by atoms with van der Waals surface area (Å²) in [5.41, 5.74) is 17.0. The molecule has 2 aliphatic carbocycles. The van der Waals surface area contributed by atoms with Crippen molar-refractivity contribution in [2.45, 2.75) is 25.7 Å². The van der Waals surface area contributed by atoms with Crippen LogP contribution in [0.5, 0.6) is 0 Å². The van der Waals surface area contributed by atoms with Gasteiger partial charge in [0.25, 0.3) is 0 Å². The predicted molar refractivity (Wildman–Crippen MR) is 172 cm³/mol. The monoisotopic (exact) mass is 525 g/mol. The molecular weight excluding hydrogens is 494 g/mol. The molecule has 1 heteroatoms. The number of anilines is 3. The van der Waals surface area contributed by atoms with E-state index in [1.807, 2.05) is 0 Å². The topological polar surface area (TPSA) is 3.24 Å². The first-order valence-corrected chi connectivity index (χ1v) is 14.5. The summed E-state index contributed by atoms with van der Waals surface area (Å²) in [5.74, 6) is 0. The highest BCUT2D eigenvalue weighted by molar-refractivity contribution is 5.90. The molecule has 0 unspecified atom stereocenters. The Kier molecular flexibility index (Phi) is 5.30. The molecule has 196 valence electrons. The van der Waals surface area contributed by atoms with Crippen molar-refractivity contribution < 1.29 is 0 Å². The molecule has 0 amide bonds. The van der Waals surface area contributed by atoms with E-state index in [4.69, 9.17) is 0 Å². The fourth-order valence-electron chi connectivity index (χ4n) is 7.04. The van der Waals surface area contributed by atoms with E-state index < -0.39 is 0 Å². The third-order valence-electron chi connectivity index (χ3n) is 9.12. The molecule has 0 aliphatic heterocycles. The minimum atomic E-state index is -0.0559. The van der Waals surface area contributed by atoms with Crippen LogP contribution in [-0.4, -0.2) is 0 Å². The molecule has 0 bridgehead atoms. The van der Waals surface area contributed by atoms with Crippen LogP contribution >= 0.6 is 0 Å². The molecule has 41 heavy (non-hydrogen) atoms. The zero-order valence-electron chi connectivity index (χ0n) is 23.4. The van der Waals surface area contributed by atoms with Crippen LogP contribution < -0.4 is 4.90 Å². The maximum Gasteiger partial charge on any atom is 0.0503 e. The second-order valence-corrected chi connectivity index (χ2v) is 11.8. The Balaban J connectivity index is 1.31. The standard InChI is InChI=1S/C40H31N/c1-40(2)37-17-9-8-15-34(37)35-24-23-31(26-38(35)40)41(30-21-19-28(20-22-30)27-11-4-3-5-12-27)39-18-10-16-33-32-14-7-6-13-29(32)25-36(33)39/h3-24,26H,25H2,1-2H3. The van der Waals surface area contributed by atoms with E-state index in [0.717, 1.165) is 6.42 Å². The fraction of sp³-hybridized carbons (Fsp3) is 0.100. The first-order chi connectivity index (χ1) is 20.1. The molecule has 2 aliphatic rings. The average Bonchev–Trinajstić information content (AvgIpc) is 3.51. The second-order valence-electron chi connectivity index (χ2n) is 11.8. The van der Waals surface area contributed by atoms with Crippen molar-refractivity contribution in [2.75, 3.05) is 4.90 Å². The molecule has 8 rings (SSSR count). The maximum absolute atomic E-state index is 2.47. The van der Waals surface area contributed by atoms with E-state index in [1.165, 1.54) is 72.7 Å². The summed E-state index contributed by atoms with van der Waals surface area (Å²) in [6.45, 7) is 4.72. The van der Waals surface area contributed by atoms with Gasteiger partial charge in [-0.2, -0.15) is 0 Å². The highest BCUT2D eigenvalue weighted by Crippen LogP contribution is 2.51. The molecular formula is C40H31N. The average molecular weight is 526 g/mol. The summed E-state index contributed by atoms with van der Waals surface area (Å²) in [6, 6.07) is 51.3. The smallest absolute Gasteiger partial charge is 0.0503 e. The van der Waals surface area contributed by atoms with Gasteiger partial charge in [-0.1, -0.05) is 123 Å². The highest BCUT2D eigenvalue weighted by atomic mass is 15.1. The van der Waals surface area contributed by atoms with Gasteiger partial charge < -0.3 is 4.90 Å². The number of rotatable bonds is 4. The minimum Gasteiger partial charge on any atom is -0.310 e. The van der Waals surface area contributed by atoms with Gasteiger partial charge in [-0.3, -0.25) is 0 Å². The molecule has 0 radical (unpaired) electrons. The molecule has 0 saturated heterocycles. The summed E-state index contributed by atoms with van der Waals surface area (Å²) in [4.78, 5) is 2.47. The first kappa shape index (κ1) is 24.0. The summed E-state index contributed by atoms with van der Waals surface area (Å²) in [7, 11) is 0. The molecule has 0 N–H and O–H groups in total. The van der Waals surface area contributed by atoms with Gasteiger partial charge in [0.1, 0.15) is 0 Å². The Morgan fingerprint density at radius 3 is 1.95 bits per heavy atom. The van der Waals surface area contributed by atoms with Crippen LogP contribution in [0.25, 0.3) is 33.4 Å². The van der Waals surface area contributed by atoms with Crippen LogP contribution in [0.4, 0.5) is 17.1 Å². The molecule has 0 saturated carbocycles. The largest absolute Gasteiger partial charge is 0.310 e. The van der Waals surface area contributed by atoms with Crippen molar-refractivity contribution in [3.8, 4) is 33.4 Å². The van der Waals surface area contributed by atoms with Gasteiger partial charge in [-0.05, 0) is 86.0 Å². The summed E-state index contributed by atoms with van der Waals surface area (Å²) < 4.78 is 0. The summed E-state index contributed by atoms with van der Waals surface area (Å²) in [6.07, 6.45) is 0.947. The van der Waals surface area contributed by atoms with Crippen LogP contribution in [0.3, 0.4) is 0 Å². The number of hydrogen-bond acceptors (Lipinski definition) is 1. The van der Waals surface area contributed by atoms with Crippen LogP contribution in [-0.2, 0) is 11.8 Å². The molecule has 1 nitrogen and oxygen atoms in total. The Labute approximate surface area is 242 Å². The van der Waals surface area contributed by atoms with Gasteiger partial charge in [-0.25, -0.2) is 0 Å². The second kappa shape index (κ2) is 9.08. The summed E-state index contributed by atoms with van der Waals surface area (Å²) >= 11 is 0. The van der Waals surface area contributed by atoms with Crippen LogP contribution in [0.2, 0.25) is 0 Å². The fourth-order valence-corrected chi connectivity index (χ4v) is 7.04. The molecule has 0 aromatic heterocycles. The number of nitrogens with zero attached hydrogens (tertiary/aromatic N) is 1. The Morgan fingerprint density at radius 1 is 0.488 bits per heavy atom. The van der Waals surface area contributed by atoms with Crippen LogP contribution in [0.15, 0.2) is 140 Å². The van der Waals surface area contributed by atoms with Crippen molar-refractivity contribution in [1.29, 1.82) is 0 Å². The maximum atomic E-state index is 2.47. The van der Waals surface area contributed by atoms with Gasteiger partial charge in [0.2, 0.25) is 0 Å². The molecule has 6 aromatic rings. The Morgan fingerprint density at radius 2 is 1.12 bits per heavy atom. The zero-order chi connectivity index (χ0) is 27.6. The first-order valence-electron chi connectivity index (χ1n) is 14.5. The number of fused-ring (bicyclic) bond motifs is 6. The Bertz CT molecular complexity index is 1930. The number of hydrogen-bond donors (Lipinski definition) is 0. The van der Waals surface area contributed by atoms with Crippen LogP contribution in [0, 0.1) is 0 Å². The summed E-state index contributed by atoms with van der Waals surface area (Å²) in [5, 5.41) is 0. The van der Waals surface area contributed by atoms with Crippen molar-refractivity contribution in [1.82, 2.24) is 0 Å². The SMILES string of the molecule is CC1(C)c2ccccc2-c2ccc(N(c3ccc(-c4ccccc4)cc3)c3cccc4c3Cc3ccccc3-4)cc21. The number of benzene rings is 6. The third kappa shape index (κ3) is 3.69. The highest BCUT2D eigenvalue weighted by Gasteiger charge is 2.36. The normalized spacial score (nSPS) is 13.7. The lowest BCUT2D eigenvalue weighted by Crippen LogP contribution is -2.17. The van der Waals surface area contributed by atoms with Gasteiger partial charge >= 0.3 is 0 Å². The Hall–Kier alpha value is -4.88. The van der Waals surface area contributed by atoms with E-state index >= 15 is 0 Å². The van der Waals surface area contributed by atoms with Crippen molar-refractivity contribution in [3.63, 3.8) is 0 Å². The van der Waals surface area contributed by atoms with Gasteiger partial charge in [0.15, 0.2) is 0 Å². The van der Waals surface area contributed by atoms with Gasteiger partial charge in [0, 0.05) is 23.2 Å². The molecule has 0 atom stereocenters. The van der Waals surface area contributed by atoms with Crippen LogP contribution in [0.1, 0.15) is 36.1 Å². The van der Waals surface area contributed by atoms with Crippen molar-refractivity contribution >= 4 is 17.1 Å². The lowest BCUT2D eigenvalue weighted by Gasteiger charge is -2.30. The molecule has 0 spiro atoms. The predicted octanol–water partition coefficient (Wildman–Crippen LogP) is 10.7. The van der Waals surface area contributed by atoms with E-state index in [0.29, 0.717) is 0 Å². The van der Waals surface area contributed by atoms with Gasteiger partial charge in [0.05, 0.1) is 5.69 Å². The quantitative estimate of drug-likeness (QED) is 0.221. The van der Waals surface area contributed by atoms with E-state index in [9.17, 15) is 0 Å². The van der Waals surface area contributed by atoms with Crippen molar-refractivity contribution in [2.24, 2.45) is 0 Å². The molecule has 0 fully saturated rings. The third-order valence-corrected chi connectivity index (χ3v) is 9.12. The molecule has 0 heterocycles. The van der Waals surface area contributed by atoms with E-state index in [-0.39, 0.29) is 5.41 Å². The zero-order valence-corrected chi connectivity index (χ0v) is 23.4. The lowest BCUT2D eigenvalue weighted by atomic mass is 9.82.